The van der Waals surface area contributed by atoms with Crippen LogP contribution >= 0.6 is 23.1 Å². The van der Waals surface area contributed by atoms with Crippen LogP contribution in [0.2, 0.25) is 0 Å². The molecule has 0 aliphatic carbocycles. The summed E-state index contributed by atoms with van der Waals surface area (Å²) in [7, 11) is 0. The number of carboxylic acid groups (broad SMARTS) is 1. The number of fused-ring (bicyclic) bond motifs is 1. The highest BCUT2D eigenvalue weighted by Gasteiger charge is 2.14. The Kier molecular flexibility index (Phi) is 4.49. The number of thiophene rings is 1. The Morgan fingerprint density at radius 3 is 2.80 bits per heavy atom. The number of carbonyl (C=O) groups is 1. The molecule has 0 fully saturated rings. The number of carboxylic acids is 1. The maximum absolute atomic E-state index is 10.6. The smallest absolute Gasteiger partial charge is 0.304 e. The second-order valence-corrected chi connectivity index (χ2v) is 7.34. The van der Waals surface area contributed by atoms with E-state index in [-0.39, 0.29) is 11.7 Å². The van der Waals surface area contributed by atoms with Crippen LogP contribution in [0, 0.1) is 13.8 Å². The first-order chi connectivity index (χ1) is 9.38. The molecule has 0 aliphatic rings. The van der Waals surface area contributed by atoms with Crippen LogP contribution < -0.4 is 5.73 Å². The summed E-state index contributed by atoms with van der Waals surface area (Å²) in [5, 5.41) is 9.71. The third kappa shape index (κ3) is 3.21. The number of thioether (sulfide) groups is 1. The van der Waals surface area contributed by atoms with Crippen molar-refractivity contribution in [3.63, 3.8) is 0 Å². The third-order valence-electron chi connectivity index (χ3n) is 3.06. The van der Waals surface area contributed by atoms with E-state index < -0.39 is 5.97 Å². The quantitative estimate of drug-likeness (QED) is 0.882. The van der Waals surface area contributed by atoms with Gasteiger partial charge in [0.15, 0.2) is 0 Å². The van der Waals surface area contributed by atoms with Crippen molar-refractivity contribution in [3.05, 3.63) is 16.3 Å². The number of aryl methyl sites for hydroxylation is 2. The van der Waals surface area contributed by atoms with E-state index in [0.717, 1.165) is 15.8 Å². The lowest BCUT2D eigenvalue weighted by Gasteiger charge is -2.08. The molecule has 20 heavy (non-hydrogen) atoms. The lowest BCUT2D eigenvalue weighted by atomic mass is 10.2. The number of rotatable bonds is 5. The molecule has 0 spiro atoms. The standard InChI is InChI=1S/C13H17N3O2S2/c1-6(4-10(17)18)19-5-9-15-12(14)11-7(2)8(3)20-13(11)16-9/h6H,4-5H2,1-3H3,(H,17,18)(H2,14,15,16). The Balaban J connectivity index is 2.18. The topological polar surface area (TPSA) is 89.1 Å². The minimum Gasteiger partial charge on any atom is -0.481 e. The highest BCUT2D eigenvalue weighted by molar-refractivity contribution is 7.99. The maximum atomic E-state index is 10.6. The molecule has 3 N–H and O–H groups in total. The Bertz CT molecular complexity index is 655. The van der Waals surface area contributed by atoms with Crippen molar-refractivity contribution in [2.75, 3.05) is 5.73 Å². The number of hydrogen-bond acceptors (Lipinski definition) is 6. The van der Waals surface area contributed by atoms with E-state index in [4.69, 9.17) is 10.8 Å². The first kappa shape index (κ1) is 15.1. The fourth-order valence-electron chi connectivity index (χ4n) is 1.91. The molecule has 1 atom stereocenters. The lowest BCUT2D eigenvalue weighted by Crippen LogP contribution is -2.07. The summed E-state index contributed by atoms with van der Waals surface area (Å²) < 4.78 is 0. The zero-order chi connectivity index (χ0) is 14.9. The average molecular weight is 311 g/mol. The third-order valence-corrected chi connectivity index (χ3v) is 5.32. The van der Waals surface area contributed by atoms with Gasteiger partial charge in [-0.15, -0.1) is 11.3 Å². The van der Waals surface area contributed by atoms with Crippen LogP contribution in [0.4, 0.5) is 5.82 Å². The van der Waals surface area contributed by atoms with Crippen LogP contribution in [0.5, 0.6) is 0 Å². The average Bonchev–Trinajstić information content (AvgIpc) is 2.62. The van der Waals surface area contributed by atoms with Gasteiger partial charge in [-0.25, -0.2) is 9.97 Å². The number of anilines is 1. The molecule has 0 amide bonds. The van der Waals surface area contributed by atoms with Crippen LogP contribution in [-0.4, -0.2) is 26.3 Å². The zero-order valence-electron chi connectivity index (χ0n) is 11.6. The summed E-state index contributed by atoms with van der Waals surface area (Å²) in [6.45, 7) is 5.96. The molecule has 2 aromatic rings. The number of nitrogens with two attached hydrogens (primary N) is 1. The van der Waals surface area contributed by atoms with Gasteiger partial charge in [-0.1, -0.05) is 6.92 Å². The molecular formula is C13H17N3O2S2. The number of nitrogen functional groups attached to an aromatic ring is 1. The van der Waals surface area contributed by atoms with Crippen LogP contribution in [0.15, 0.2) is 0 Å². The van der Waals surface area contributed by atoms with Gasteiger partial charge in [0.25, 0.3) is 0 Å². The molecule has 7 heteroatoms. The van der Waals surface area contributed by atoms with E-state index >= 15 is 0 Å². The van der Waals surface area contributed by atoms with Crippen LogP contribution in [0.25, 0.3) is 10.2 Å². The zero-order valence-corrected chi connectivity index (χ0v) is 13.3. The number of hydrogen-bond donors (Lipinski definition) is 2. The Morgan fingerprint density at radius 2 is 2.15 bits per heavy atom. The van der Waals surface area contributed by atoms with Crippen LogP contribution in [0.1, 0.15) is 29.6 Å². The van der Waals surface area contributed by atoms with Crippen LogP contribution in [0.3, 0.4) is 0 Å². The molecule has 0 saturated carbocycles. The summed E-state index contributed by atoms with van der Waals surface area (Å²) in [4.78, 5) is 21.6. The van der Waals surface area contributed by atoms with Gasteiger partial charge in [-0.3, -0.25) is 4.79 Å². The molecule has 0 aromatic carbocycles. The highest BCUT2D eigenvalue weighted by Crippen LogP contribution is 2.32. The second kappa shape index (κ2) is 5.97. The molecule has 0 saturated heterocycles. The van der Waals surface area contributed by atoms with Gasteiger partial charge in [-0.05, 0) is 19.4 Å². The predicted molar refractivity (Wildman–Crippen MR) is 84.3 cm³/mol. The van der Waals surface area contributed by atoms with E-state index in [1.165, 1.54) is 16.6 Å². The van der Waals surface area contributed by atoms with Gasteiger partial charge in [-0.2, -0.15) is 11.8 Å². The normalized spacial score (nSPS) is 12.8. The monoisotopic (exact) mass is 311 g/mol. The molecule has 0 bridgehead atoms. The highest BCUT2D eigenvalue weighted by atomic mass is 32.2. The molecule has 2 aromatic heterocycles. The molecule has 2 heterocycles. The molecule has 5 nitrogen and oxygen atoms in total. The SMILES string of the molecule is Cc1sc2nc(CSC(C)CC(=O)O)nc(N)c2c1C. The summed E-state index contributed by atoms with van der Waals surface area (Å²) in [6.07, 6.45) is 0.139. The van der Waals surface area contributed by atoms with Crippen molar-refractivity contribution in [1.29, 1.82) is 0 Å². The van der Waals surface area contributed by atoms with Gasteiger partial charge in [0.2, 0.25) is 0 Å². The second-order valence-electron chi connectivity index (χ2n) is 4.71. The lowest BCUT2D eigenvalue weighted by molar-refractivity contribution is -0.136. The minimum atomic E-state index is -0.787. The summed E-state index contributed by atoms with van der Waals surface area (Å²) >= 11 is 3.15. The van der Waals surface area contributed by atoms with Crippen molar-refractivity contribution < 1.29 is 9.90 Å². The van der Waals surface area contributed by atoms with Gasteiger partial charge >= 0.3 is 5.97 Å². The van der Waals surface area contributed by atoms with Gasteiger partial charge in [0.05, 0.1) is 17.6 Å². The molecule has 0 aliphatic heterocycles. The summed E-state index contributed by atoms with van der Waals surface area (Å²) in [5.74, 6) is 0.965. The molecule has 0 radical (unpaired) electrons. The molecule has 1 unspecified atom stereocenters. The van der Waals surface area contributed by atoms with Crippen molar-refractivity contribution in [2.45, 2.75) is 38.2 Å². The summed E-state index contributed by atoms with van der Waals surface area (Å²) in [6, 6.07) is 0. The van der Waals surface area contributed by atoms with Gasteiger partial charge < -0.3 is 10.8 Å². The Labute approximate surface area is 125 Å². The minimum absolute atomic E-state index is 0.0276. The summed E-state index contributed by atoms with van der Waals surface area (Å²) in [5.41, 5.74) is 7.15. The molecule has 2 rings (SSSR count). The molecule has 108 valence electrons. The van der Waals surface area contributed by atoms with E-state index in [1.54, 1.807) is 11.3 Å². The fourth-order valence-corrected chi connectivity index (χ4v) is 3.79. The maximum Gasteiger partial charge on any atom is 0.304 e. The van der Waals surface area contributed by atoms with Crippen molar-refractivity contribution in [3.8, 4) is 0 Å². The molecular weight excluding hydrogens is 294 g/mol. The van der Waals surface area contributed by atoms with E-state index in [2.05, 4.69) is 9.97 Å². The van der Waals surface area contributed by atoms with E-state index in [9.17, 15) is 4.79 Å². The first-order valence-corrected chi connectivity index (χ1v) is 8.10. The van der Waals surface area contributed by atoms with Gasteiger partial charge in [0.1, 0.15) is 16.5 Å². The van der Waals surface area contributed by atoms with Crippen LogP contribution in [-0.2, 0) is 10.5 Å². The largest absolute Gasteiger partial charge is 0.481 e. The van der Waals surface area contributed by atoms with E-state index in [1.807, 2.05) is 20.8 Å². The first-order valence-electron chi connectivity index (χ1n) is 6.24. The van der Waals surface area contributed by atoms with Crippen molar-refractivity contribution in [2.24, 2.45) is 0 Å². The van der Waals surface area contributed by atoms with Crippen molar-refractivity contribution >= 4 is 45.1 Å². The number of nitrogens with zero attached hydrogens (tertiary/aromatic N) is 2. The van der Waals surface area contributed by atoms with E-state index in [0.29, 0.717) is 17.4 Å². The van der Waals surface area contributed by atoms with Crippen molar-refractivity contribution in [1.82, 2.24) is 9.97 Å². The Hall–Kier alpha value is -1.34. The Morgan fingerprint density at radius 1 is 1.45 bits per heavy atom. The van der Waals surface area contributed by atoms with Gasteiger partial charge in [0, 0.05) is 10.1 Å². The fraction of sp³-hybridized carbons (Fsp3) is 0.462. The predicted octanol–water partition coefficient (Wildman–Crippen LogP) is 2.99. The number of aromatic nitrogens is 2. The number of aliphatic carboxylic acids is 1.